The summed E-state index contributed by atoms with van der Waals surface area (Å²) in [5.41, 5.74) is 1.39. The maximum Gasteiger partial charge on any atom is 0.418 e. The van der Waals surface area contributed by atoms with Gasteiger partial charge in [0, 0.05) is 39.3 Å². The number of hydrogen-bond acceptors (Lipinski definition) is 9. The Kier molecular flexibility index (Phi) is 7.81. The fraction of sp³-hybridized carbons (Fsp3) is 0.516. The number of nitrogens with two attached hydrogens (primary N) is 1. The second-order valence-electron chi connectivity index (χ2n) is 12.7. The highest BCUT2D eigenvalue weighted by atomic mass is 19.4. The highest BCUT2D eigenvalue weighted by Crippen LogP contribution is 2.43. The standard InChI is InChI=1S/C31H35F5N8O2/c1-5-21(45)43-10-8-29(3,15-43)42(4)27-19-13-38-26(25-22(31(34,35)36)17(2)11-20(37)39-25)23(33)24(19)40-28(41-27)46-16-30-7-6-9-44(30)14-18(32)12-30/h5,11,13,18H,1,6-10,12,14-16H2,2-4H3,(H2,37,39)/t18-,29?,30+/m1/s1. The van der Waals surface area contributed by atoms with Gasteiger partial charge in [-0.05, 0) is 57.4 Å². The zero-order valence-electron chi connectivity index (χ0n) is 25.8. The van der Waals surface area contributed by atoms with Gasteiger partial charge in [0.05, 0.1) is 22.0 Å². The van der Waals surface area contributed by atoms with E-state index in [2.05, 4.69) is 26.5 Å². The molecule has 1 unspecified atom stereocenters. The molecule has 3 aromatic rings. The first-order valence-electron chi connectivity index (χ1n) is 15.0. The second-order valence-corrected chi connectivity index (χ2v) is 12.7. The summed E-state index contributed by atoms with van der Waals surface area (Å²) in [6, 6.07) is 0.841. The number of fused-ring (bicyclic) bond motifs is 2. The molecule has 3 aromatic heterocycles. The monoisotopic (exact) mass is 646 g/mol. The Labute approximate surface area is 262 Å². The van der Waals surface area contributed by atoms with Gasteiger partial charge in [-0.15, -0.1) is 0 Å². The Morgan fingerprint density at radius 3 is 2.72 bits per heavy atom. The SMILES string of the molecule is C=CC(=O)N1CCC(C)(N(C)c2nc(OC[C@@]34CCCN3C[C@H](F)C4)nc3c(F)c(-c4nc(N)cc(C)c4C(F)(F)F)ncc23)C1. The minimum Gasteiger partial charge on any atom is -0.461 e. The fourth-order valence-electron chi connectivity index (χ4n) is 7.17. The molecular formula is C31H35F5N8O2. The molecule has 3 aliphatic rings. The molecule has 3 atom stereocenters. The fourth-order valence-corrected chi connectivity index (χ4v) is 7.17. The number of ether oxygens (including phenoxy) is 1. The number of aryl methyl sites for hydroxylation is 1. The predicted molar refractivity (Wildman–Crippen MR) is 161 cm³/mol. The number of halogens is 5. The maximum absolute atomic E-state index is 16.5. The number of pyridine rings is 2. The highest BCUT2D eigenvalue weighted by molar-refractivity contribution is 5.92. The molecule has 1 amide bonds. The molecule has 246 valence electrons. The molecule has 2 N–H and O–H groups in total. The van der Waals surface area contributed by atoms with Gasteiger partial charge < -0.3 is 20.3 Å². The Bertz CT molecular complexity index is 1720. The van der Waals surface area contributed by atoms with Crippen LogP contribution in [0.5, 0.6) is 6.01 Å². The van der Waals surface area contributed by atoms with Crippen LogP contribution < -0.4 is 15.4 Å². The maximum atomic E-state index is 16.5. The number of anilines is 2. The number of carbonyl (C=O) groups excluding carboxylic acids is 1. The van der Waals surface area contributed by atoms with E-state index in [1.807, 2.05) is 11.8 Å². The molecule has 0 radical (unpaired) electrons. The van der Waals surface area contributed by atoms with E-state index in [9.17, 15) is 22.4 Å². The number of carbonyl (C=O) groups is 1. The lowest BCUT2D eigenvalue weighted by atomic mass is 9.95. The van der Waals surface area contributed by atoms with Crippen LogP contribution >= 0.6 is 0 Å². The Morgan fingerprint density at radius 1 is 1.24 bits per heavy atom. The number of aromatic nitrogens is 4. The van der Waals surface area contributed by atoms with E-state index < -0.39 is 46.2 Å². The topological polar surface area (TPSA) is 114 Å². The van der Waals surface area contributed by atoms with Gasteiger partial charge in [-0.3, -0.25) is 14.7 Å². The van der Waals surface area contributed by atoms with Crippen molar-refractivity contribution in [3.8, 4) is 17.4 Å². The molecule has 0 aromatic carbocycles. The highest BCUT2D eigenvalue weighted by Gasteiger charge is 2.49. The smallest absolute Gasteiger partial charge is 0.418 e. The van der Waals surface area contributed by atoms with Crippen molar-refractivity contribution in [3.63, 3.8) is 0 Å². The normalized spacial score (nSPS) is 24.9. The lowest BCUT2D eigenvalue weighted by molar-refractivity contribution is -0.137. The van der Waals surface area contributed by atoms with E-state index in [4.69, 9.17) is 10.5 Å². The number of rotatable bonds is 7. The minimum absolute atomic E-state index is 0.0503. The van der Waals surface area contributed by atoms with Crippen LogP contribution in [-0.4, -0.2) is 92.7 Å². The number of likely N-dealkylation sites (N-methyl/N-ethyl adjacent to an activating group) is 1. The van der Waals surface area contributed by atoms with Gasteiger partial charge in [0.1, 0.15) is 41.3 Å². The van der Waals surface area contributed by atoms with Crippen LogP contribution in [0.4, 0.5) is 33.6 Å². The summed E-state index contributed by atoms with van der Waals surface area (Å²) in [5.74, 6) is -1.42. The summed E-state index contributed by atoms with van der Waals surface area (Å²) >= 11 is 0. The van der Waals surface area contributed by atoms with Gasteiger partial charge >= 0.3 is 12.2 Å². The Balaban J connectivity index is 1.48. The summed E-state index contributed by atoms with van der Waals surface area (Å²) < 4.78 is 79.5. The van der Waals surface area contributed by atoms with Gasteiger partial charge in [-0.2, -0.15) is 23.1 Å². The molecule has 0 saturated carbocycles. The number of hydrogen-bond donors (Lipinski definition) is 1. The van der Waals surface area contributed by atoms with Crippen LogP contribution in [0.2, 0.25) is 0 Å². The Morgan fingerprint density at radius 2 is 2.00 bits per heavy atom. The third-order valence-electron chi connectivity index (χ3n) is 9.68. The van der Waals surface area contributed by atoms with E-state index in [1.165, 1.54) is 19.2 Å². The van der Waals surface area contributed by atoms with Gasteiger partial charge in [0.25, 0.3) is 0 Å². The zero-order valence-corrected chi connectivity index (χ0v) is 25.8. The van der Waals surface area contributed by atoms with E-state index in [0.717, 1.165) is 19.0 Å². The number of nitrogens with zero attached hydrogens (tertiary/aromatic N) is 7. The number of amides is 1. The zero-order chi connectivity index (χ0) is 33.2. The molecular weight excluding hydrogens is 611 g/mol. The predicted octanol–water partition coefficient (Wildman–Crippen LogP) is 4.70. The summed E-state index contributed by atoms with van der Waals surface area (Å²) in [5, 5.41) is 0.116. The first-order chi connectivity index (χ1) is 21.7. The van der Waals surface area contributed by atoms with Crippen molar-refractivity contribution in [2.75, 3.05) is 50.5 Å². The minimum atomic E-state index is -4.87. The largest absolute Gasteiger partial charge is 0.461 e. The average molecular weight is 647 g/mol. The number of alkyl halides is 4. The van der Waals surface area contributed by atoms with Gasteiger partial charge in [-0.25, -0.2) is 13.8 Å². The third-order valence-corrected chi connectivity index (χ3v) is 9.68. The van der Waals surface area contributed by atoms with Crippen LogP contribution in [0.1, 0.15) is 43.7 Å². The van der Waals surface area contributed by atoms with Gasteiger partial charge in [-0.1, -0.05) is 6.58 Å². The lowest BCUT2D eigenvalue weighted by Crippen LogP contribution is -2.47. The number of likely N-dealkylation sites (tertiary alicyclic amines) is 1. The van der Waals surface area contributed by atoms with E-state index in [-0.39, 0.29) is 53.0 Å². The van der Waals surface area contributed by atoms with Crippen molar-refractivity contribution in [2.24, 2.45) is 0 Å². The summed E-state index contributed by atoms with van der Waals surface area (Å²) in [7, 11) is 1.73. The van der Waals surface area contributed by atoms with Crippen molar-refractivity contribution in [1.29, 1.82) is 0 Å². The molecule has 0 spiro atoms. The van der Waals surface area contributed by atoms with Crippen molar-refractivity contribution >= 4 is 28.4 Å². The summed E-state index contributed by atoms with van der Waals surface area (Å²) in [6.45, 7) is 8.52. The first-order valence-corrected chi connectivity index (χ1v) is 15.0. The molecule has 15 heteroatoms. The second kappa shape index (κ2) is 11.3. The average Bonchev–Trinajstić information content (AvgIpc) is 3.66. The van der Waals surface area contributed by atoms with Crippen LogP contribution in [0.15, 0.2) is 24.9 Å². The van der Waals surface area contributed by atoms with Crippen LogP contribution in [0.3, 0.4) is 0 Å². The molecule has 46 heavy (non-hydrogen) atoms. The molecule has 3 fully saturated rings. The first kappa shape index (κ1) is 31.8. The van der Waals surface area contributed by atoms with Gasteiger partial charge in [0.15, 0.2) is 5.82 Å². The van der Waals surface area contributed by atoms with Crippen molar-refractivity contribution in [2.45, 2.75) is 63.0 Å². The van der Waals surface area contributed by atoms with Crippen molar-refractivity contribution in [1.82, 2.24) is 29.7 Å². The molecule has 6 rings (SSSR count). The summed E-state index contributed by atoms with van der Waals surface area (Å²) in [6.07, 6.45) is -1.04. The molecule has 0 aliphatic carbocycles. The quantitative estimate of drug-likeness (QED) is 0.288. The van der Waals surface area contributed by atoms with Crippen LogP contribution in [-0.2, 0) is 11.0 Å². The van der Waals surface area contributed by atoms with E-state index in [1.54, 1.807) is 16.8 Å². The van der Waals surface area contributed by atoms with Crippen LogP contribution in [0, 0.1) is 12.7 Å². The molecule has 6 heterocycles. The lowest BCUT2D eigenvalue weighted by Gasteiger charge is -2.37. The Hall–Kier alpha value is -4.14. The third kappa shape index (κ3) is 5.37. The summed E-state index contributed by atoms with van der Waals surface area (Å²) in [4.78, 5) is 34.7. The van der Waals surface area contributed by atoms with Crippen molar-refractivity contribution in [3.05, 3.63) is 41.9 Å². The molecule has 3 aliphatic heterocycles. The van der Waals surface area contributed by atoms with Crippen molar-refractivity contribution < 1.29 is 31.5 Å². The molecule has 0 bridgehead atoms. The van der Waals surface area contributed by atoms with E-state index >= 15 is 4.39 Å². The van der Waals surface area contributed by atoms with Gasteiger partial charge in [0.2, 0.25) is 5.91 Å². The molecule has 10 nitrogen and oxygen atoms in total. The molecule has 3 saturated heterocycles. The van der Waals surface area contributed by atoms with E-state index in [0.29, 0.717) is 32.5 Å². The van der Waals surface area contributed by atoms with Crippen LogP contribution in [0.25, 0.3) is 22.3 Å². The number of nitrogen functional groups attached to an aromatic ring is 1.